The summed E-state index contributed by atoms with van der Waals surface area (Å²) in [6.45, 7) is 0. The average Bonchev–Trinajstić information content (AvgIpc) is 2.32. The van der Waals surface area contributed by atoms with Gasteiger partial charge in [0.05, 0.1) is 12.8 Å². The van der Waals surface area contributed by atoms with E-state index in [-0.39, 0.29) is 5.15 Å². The molecule has 6 heteroatoms. The van der Waals surface area contributed by atoms with Crippen LogP contribution in [-0.2, 0) is 0 Å². The second-order valence-electron chi connectivity index (χ2n) is 3.17. The van der Waals surface area contributed by atoms with E-state index in [9.17, 15) is 0 Å². The van der Waals surface area contributed by atoms with Crippen molar-refractivity contribution in [1.82, 2.24) is 9.97 Å². The van der Waals surface area contributed by atoms with Crippen molar-refractivity contribution in [3.8, 4) is 5.75 Å². The molecule has 0 bridgehead atoms. The molecule has 2 aromatic rings. The Morgan fingerprint density at radius 2 is 1.94 bits per heavy atom. The molecule has 0 fully saturated rings. The second kappa shape index (κ2) is 5.21. The fourth-order valence-corrected chi connectivity index (χ4v) is 1.63. The molecule has 2 rings (SSSR count). The van der Waals surface area contributed by atoms with Crippen LogP contribution < -0.4 is 10.1 Å². The molecule has 0 aliphatic heterocycles. The van der Waals surface area contributed by atoms with Crippen LogP contribution >= 0.6 is 23.2 Å². The lowest BCUT2D eigenvalue weighted by Gasteiger charge is -2.11. The van der Waals surface area contributed by atoms with Gasteiger partial charge in [-0.25, -0.2) is 9.97 Å². The molecule has 1 aromatic heterocycles. The predicted molar refractivity (Wildman–Crippen MR) is 68.3 cm³/mol. The highest BCUT2D eigenvalue weighted by molar-refractivity contribution is 6.32. The number of nitrogens with one attached hydrogen (secondary N) is 1. The fourth-order valence-electron chi connectivity index (χ4n) is 1.31. The van der Waals surface area contributed by atoms with Gasteiger partial charge in [-0.15, -0.1) is 0 Å². The third kappa shape index (κ3) is 2.78. The van der Waals surface area contributed by atoms with Crippen molar-refractivity contribution < 1.29 is 4.74 Å². The van der Waals surface area contributed by atoms with Crippen LogP contribution in [0.2, 0.25) is 10.2 Å². The molecule has 0 unspecified atom stereocenters. The predicted octanol–water partition coefficient (Wildman–Crippen LogP) is 3.54. The van der Waals surface area contributed by atoms with Crippen LogP contribution in [0.25, 0.3) is 0 Å². The number of aromatic nitrogens is 2. The van der Waals surface area contributed by atoms with Crippen LogP contribution in [0.1, 0.15) is 0 Å². The molecule has 0 aliphatic carbocycles. The maximum absolute atomic E-state index is 5.92. The number of halogens is 2. The van der Waals surface area contributed by atoms with Gasteiger partial charge in [0, 0.05) is 17.4 Å². The molecule has 4 nitrogen and oxygen atoms in total. The molecule has 0 aliphatic rings. The van der Waals surface area contributed by atoms with E-state index in [1.807, 2.05) is 0 Å². The first kappa shape index (κ1) is 12.0. The number of hydrogen-bond acceptors (Lipinski definition) is 4. The topological polar surface area (TPSA) is 47.0 Å². The van der Waals surface area contributed by atoms with Crippen LogP contribution in [0.4, 0.5) is 11.5 Å². The lowest BCUT2D eigenvalue weighted by molar-refractivity contribution is 0.417. The van der Waals surface area contributed by atoms with Crippen LogP contribution in [0.15, 0.2) is 30.6 Å². The summed E-state index contributed by atoms with van der Waals surface area (Å²) < 4.78 is 5.20. The minimum atomic E-state index is 0.287. The van der Waals surface area contributed by atoms with Gasteiger partial charge in [-0.1, -0.05) is 23.2 Å². The number of rotatable bonds is 3. The summed E-state index contributed by atoms with van der Waals surface area (Å²) in [7, 11) is 1.58. The Hall–Kier alpha value is -1.52. The van der Waals surface area contributed by atoms with Gasteiger partial charge in [0.25, 0.3) is 0 Å². The van der Waals surface area contributed by atoms with Gasteiger partial charge >= 0.3 is 0 Å². The maximum Gasteiger partial charge on any atom is 0.171 e. The molecule has 1 N–H and O–H groups in total. The lowest BCUT2D eigenvalue weighted by atomic mass is 10.3. The quantitative estimate of drug-likeness (QED) is 0.926. The normalized spacial score (nSPS) is 10.1. The molecule has 0 saturated heterocycles. The van der Waals surface area contributed by atoms with Gasteiger partial charge < -0.3 is 10.1 Å². The highest BCUT2D eigenvalue weighted by Crippen LogP contribution is 2.31. The van der Waals surface area contributed by atoms with E-state index >= 15 is 0 Å². The molecular formula is C11H9Cl2N3O. The zero-order valence-electron chi connectivity index (χ0n) is 8.95. The summed E-state index contributed by atoms with van der Waals surface area (Å²) in [4.78, 5) is 7.99. The second-order valence-corrected chi connectivity index (χ2v) is 3.96. The van der Waals surface area contributed by atoms with Gasteiger partial charge in [0.2, 0.25) is 0 Å². The first-order chi connectivity index (χ1) is 8.20. The minimum absolute atomic E-state index is 0.287. The van der Waals surface area contributed by atoms with Crippen molar-refractivity contribution in [3.63, 3.8) is 0 Å². The lowest BCUT2D eigenvalue weighted by Crippen LogP contribution is -1.98. The van der Waals surface area contributed by atoms with Gasteiger partial charge in [-0.2, -0.15) is 0 Å². The monoisotopic (exact) mass is 269 g/mol. The summed E-state index contributed by atoms with van der Waals surface area (Å²) in [6.07, 6.45) is 3.06. The van der Waals surface area contributed by atoms with Crippen LogP contribution in [0.5, 0.6) is 5.75 Å². The third-order valence-electron chi connectivity index (χ3n) is 2.07. The molecule has 17 heavy (non-hydrogen) atoms. The molecule has 0 spiro atoms. The number of nitrogens with zero attached hydrogens (tertiary/aromatic N) is 2. The Kier molecular flexibility index (Phi) is 3.66. The smallest absolute Gasteiger partial charge is 0.171 e. The highest BCUT2D eigenvalue weighted by Gasteiger charge is 2.07. The summed E-state index contributed by atoms with van der Waals surface area (Å²) >= 11 is 11.8. The molecule has 0 radical (unpaired) electrons. The van der Waals surface area contributed by atoms with Gasteiger partial charge in [0.15, 0.2) is 11.0 Å². The minimum Gasteiger partial charge on any atom is -0.495 e. The van der Waals surface area contributed by atoms with Gasteiger partial charge in [-0.3, -0.25) is 0 Å². The third-order valence-corrected chi connectivity index (χ3v) is 2.58. The summed E-state index contributed by atoms with van der Waals surface area (Å²) in [5, 5.41) is 3.90. The largest absolute Gasteiger partial charge is 0.495 e. The van der Waals surface area contributed by atoms with E-state index in [0.717, 1.165) is 0 Å². The Morgan fingerprint density at radius 1 is 1.18 bits per heavy atom. The molecule has 0 atom stereocenters. The Balaban J connectivity index is 2.35. The van der Waals surface area contributed by atoms with Crippen LogP contribution in [-0.4, -0.2) is 17.1 Å². The van der Waals surface area contributed by atoms with Crippen molar-refractivity contribution >= 4 is 34.7 Å². The van der Waals surface area contributed by atoms with Gasteiger partial charge in [0.1, 0.15) is 5.75 Å². The molecule has 88 valence electrons. The number of anilines is 2. The molecule has 0 amide bonds. The van der Waals surface area contributed by atoms with Crippen LogP contribution in [0, 0.1) is 0 Å². The summed E-state index contributed by atoms with van der Waals surface area (Å²) in [5.41, 5.74) is 0.683. The van der Waals surface area contributed by atoms with Crippen LogP contribution in [0.3, 0.4) is 0 Å². The van der Waals surface area contributed by atoms with E-state index in [4.69, 9.17) is 27.9 Å². The Labute approximate surface area is 109 Å². The standard InChI is InChI=1S/C11H9Cl2N3O/c1-17-9-3-2-7(12)6-8(9)16-11-10(13)14-4-5-15-11/h2-6H,1H3,(H,15,16). The number of benzene rings is 1. The number of methoxy groups -OCH3 is 1. The SMILES string of the molecule is COc1ccc(Cl)cc1Nc1nccnc1Cl. The molecule has 1 aromatic carbocycles. The Bertz CT molecular complexity index is 534. The number of ether oxygens (including phenoxy) is 1. The van der Waals surface area contributed by atoms with Crippen molar-refractivity contribution in [3.05, 3.63) is 40.8 Å². The number of hydrogen-bond donors (Lipinski definition) is 1. The van der Waals surface area contributed by atoms with E-state index in [2.05, 4.69) is 15.3 Å². The fraction of sp³-hybridized carbons (Fsp3) is 0.0909. The molecule has 1 heterocycles. The summed E-state index contributed by atoms with van der Waals surface area (Å²) in [6, 6.07) is 5.23. The zero-order chi connectivity index (χ0) is 12.3. The van der Waals surface area contributed by atoms with Crippen molar-refractivity contribution in [2.75, 3.05) is 12.4 Å². The average molecular weight is 270 g/mol. The van der Waals surface area contributed by atoms with E-state index in [1.54, 1.807) is 31.5 Å². The van der Waals surface area contributed by atoms with E-state index < -0.39 is 0 Å². The summed E-state index contributed by atoms with van der Waals surface area (Å²) in [5.74, 6) is 1.10. The Morgan fingerprint density at radius 3 is 2.65 bits per heavy atom. The molecular weight excluding hydrogens is 261 g/mol. The first-order valence-corrected chi connectivity index (χ1v) is 5.53. The van der Waals surface area contributed by atoms with E-state index in [0.29, 0.717) is 22.3 Å². The van der Waals surface area contributed by atoms with Crippen molar-refractivity contribution in [1.29, 1.82) is 0 Å². The highest BCUT2D eigenvalue weighted by atomic mass is 35.5. The zero-order valence-corrected chi connectivity index (χ0v) is 10.5. The molecule has 0 saturated carbocycles. The van der Waals surface area contributed by atoms with Gasteiger partial charge in [-0.05, 0) is 18.2 Å². The first-order valence-electron chi connectivity index (χ1n) is 4.78. The van der Waals surface area contributed by atoms with E-state index in [1.165, 1.54) is 6.20 Å². The van der Waals surface area contributed by atoms with Crippen molar-refractivity contribution in [2.24, 2.45) is 0 Å². The maximum atomic E-state index is 5.92. The van der Waals surface area contributed by atoms with Crippen molar-refractivity contribution in [2.45, 2.75) is 0 Å².